The van der Waals surface area contributed by atoms with Gasteiger partial charge in [0.2, 0.25) is 0 Å². The Kier molecular flexibility index (Phi) is 3.34. The summed E-state index contributed by atoms with van der Waals surface area (Å²) < 4.78 is 0. The van der Waals surface area contributed by atoms with Crippen LogP contribution in [0.2, 0.25) is 0 Å². The van der Waals surface area contributed by atoms with Crippen LogP contribution < -0.4 is 4.90 Å². The molecule has 5 heteroatoms. The van der Waals surface area contributed by atoms with Crippen molar-refractivity contribution >= 4 is 28.1 Å². The Morgan fingerprint density at radius 3 is 2.61 bits per heavy atom. The van der Waals surface area contributed by atoms with E-state index in [0.29, 0.717) is 5.13 Å². The van der Waals surface area contributed by atoms with Crippen LogP contribution in [-0.2, 0) is 0 Å². The van der Waals surface area contributed by atoms with Crippen LogP contribution in [0.25, 0.3) is 0 Å². The number of nitrogens with zero attached hydrogens (tertiary/aromatic N) is 2. The average Bonchev–Trinajstić information content (AvgIpc) is 2.81. The van der Waals surface area contributed by atoms with E-state index in [-0.39, 0.29) is 4.88 Å². The normalized spacial score (nSPS) is 10.4. The third kappa shape index (κ3) is 2.36. The number of thiazole rings is 1. The molecule has 0 unspecified atom stereocenters. The first-order valence-electron chi connectivity index (χ1n) is 5.49. The van der Waals surface area contributed by atoms with Crippen LogP contribution >= 0.6 is 11.3 Å². The molecule has 0 aliphatic heterocycles. The summed E-state index contributed by atoms with van der Waals surface area (Å²) >= 11 is 1.17. The monoisotopic (exact) mass is 262 g/mol. The molecule has 0 bridgehead atoms. The van der Waals surface area contributed by atoms with Gasteiger partial charge in [-0.15, -0.1) is 0 Å². The van der Waals surface area contributed by atoms with Gasteiger partial charge in [-0.05, 0) is 37.1 Å². The van der Waals surface area contributed by atoms with Crippen molar-refractivity contribution in [3.05, 3.63) is 40.4 Å². The number of aryl methyl sites for hydroxylation is 2. The van der Waals surface area contributed by atoms with E-state index >= 15 is 0 Å². The molecule has 1 heterocycles. The lowest BCUT2D eigenvalue weighted by Gasteiger charge is -2.17. The van der Waals surface area contributed by atoms with Gasteiger partial charge in [-0.25, -0.2) is 9.78 Å². The fourth-order valence-corrected chi connectivity index (χ4v) is 2.30. The Morgan fingerprint density at radius 1 is 1.33 bits per heavy atom. The molecule has 2 rings (SSSR count). The van der Waals surface area contributed by atoms with E-state index in [1.807, 2.05) is 24.1 Å². The van der Waals surface area contributed by atoms with Crippen molar-refractivity contribution in [1.82, 2.24) is 4.98 Å². The summed E-state index contributed by atoms with van der Waals surface area (Å²) in [5.41, 5.74) is 3.44. The van der Waals surface area contributed by atoms with E-state index in [2.05, 4.69) is 24.9 Å². The lowest BCUT2D eigenvalue weighted by Crippen LogP contribution is -2.09. The molecule has 0 spiro atoms. The highest BCUT2D eigenvalue weighted by Crippen LogP contribution is 2.29. The van der Waals surface area contributed by atoms with Crippen molar-refractivity contribution < 1.29 is 9.90 Å². The first kappa shape index (κ1) is 12.6. The summed E-state index contributed by atoms with van der Waals surface area (Å²) in [6.45, 7) is 4.11. The quantitative estimate of drug-likeness (QED) is 0.922. The van der Waals surface area contributed by atoms with E-state index in [0.717, 1.165) is 5.69 Å². The highest BCUT2D eigenvalue weighted by atomic mass is 32.1. The molecule has 18 heavy (non-hydrogen) atoms. The van der Waals surface area contributed by atoms with Crippen molar-refractivity contribution in [3.8, 4) is 0 Å². The summed E-state index contributed by atoms with van der Waals surface area (Å²) in [4.78, 5) is 17.1. The van der Waals surface area contributed by atoms with E-state index in [4.69, 9.17) is 5.11 Å². The van der Waals surface area contributed by atoms with E-state index in [9.17, 15) is 4.79 Å². The maximum absolute atomic E-state index is 10.8. The van der Waals surface area contributed by atoms with Gasteiger partial charge in [-0.2, -0.15) is 0 Å². The van der Waals surface area contributed by atoms with E-state index in [1.165, 1.54) is 28.7 Å². The highest BCUT2D eigenvalue weighted by molar-refractivity contribution is 7.17. The molecule has 0 saturated carbocycles. The molecule has 1 aromatic carbocycles. The number of aromatic carboxylic acids is 1. The summed E-state index contributed by atoms with van der Waals surface area (Å²) in [7, 11) is 1.88. The van der Waals surface area contributed by atoms with Gasteiger partial charge in [0.05, 0.1) is 6.20 Å². The number of aromatic nitrogens is 1. The fourth-order valence-electron chi connectivity index (χ4n) is 1.56. The van der Waals surface area contributed by atoms with Gasteiger partial charge in [0.15, 0.2) is 5.13 Å². The van der Waals surface area contributed by atoms with Gasteiger partial charge in [-0.3, -0.25) is 0 Å². The van der Waals surface area contributed by atoms with E-state index < -0.39 is 5.97 Å². The van der Waals surface area contributed by atoms with Gasteiger partial charge in [-0.1, -0.05) is 17.4 Å². The van der Waals surface area contributed by atoms with Crippen LogP contribution in [0.3, 0.4) is 0 Å². The SMILES string of the molecule is Cc1ccc(N(C)c2ncc(C(=O)O)s2)cc1C. The summed E-state index contributed by atoms with van der Waals surface area (Å²) in [5, 5.41) is 9.56. The zero-order valence-electron chi connectivity index (χ0n) is 10.5. The number of carboxylic acid groups (broad SMARTS) is 1. The van der Waals surface area contributed by atoms with Gasteiger partial charge in [0, 0.05) is 12.7 Å². The Labute approximate surface area is 110 Å². The number of rotatable bonds is 3. The van der Waals surface area contributed by atoms with Crippen LogP contribution in [0.4, 0.5) is 10.8 Å². The van der Waals surface area contributed by atoms with E-state index in [1.54, 1.807) is 0 Å². The fraction of sp³-hybridized carbons (Fsp3) is 0.231. The Hall–Kier alpha value is -1.88. The molecule has 4 nitrogen and oxygen atoms in total. The molecule has 94 valence electrons. The number of carboxylic acids is 1. The molecule has 0 atom stereocenters. The van der Waals surface area contributed by atoms with Crippen molar-refractivity contribution in [1.29, 1.82) is 0 Å². The minimum absolute atomic E-state index is 0.251. The topological polar surface area (TPSA) is 53.4 Å². The average molecular weight is 262 g/mol. The minimum Gasteiger partial charge on any atom is -0.477 e. The molecule has 0 saturated heterocycles. The zero-order chi connectivity index (χ0) is 13.3. The third-order valence-corrected chi connectivity index (χ3v) is 3.93. The second-order valence-electron chi connectivity index (χ2n) is 4.14. The van der Waals surface area contributed by atoms with Crippen molar-refractivity contribution in [2.75, 3.05) is 11.9 Å². The lowest BCUT2D eigenvalue weighted by molar-refractivity contribution is 0.0702. The minimum atomic E-state index is -0.938. The van der Waals surface area contributed by atoms with Crippen molar-refractivity contribution in [3.63, 3.8) is 0 Å². The van der Waals surface area contributed by atoms with Crippen LogP contribution in [-0.4, -0.2) is 23.1 Å². The smallest absolute Gasteiger partial charge is 0.347 e. The Bertz CT molecular complexity index is 592. The van der Waals surface area contributed by atoms with Gasteiger partial charge in [0.25, 0.3) is 0 Å². The first-order chi connectivity index (χ1) is 8.49. The number of benzene rings is 1. The predicted octanol–water partition coefficient (Wildman–Crippen LogP) is 3.23. The van der Waals surface area contributed by atoms with Crippen molar-refractivity contribution in [2.45, 2.75) is 13.8 Å². The van der Waals surface area contributed by atoms with Crippen molar-refractivity contribution in [2.24, 2.45) is 0 Å². The second kappa shape index (κ2) is 4.78. The predicted molar refractivity (Wildman–Crippen MR) is 73.1 cm³/mol. The molecule has 2 aromatic rings. The Morgan fingerprint density at radius 2 is 2.06 bits per heavy atom. The largest absolute Gasteiger partial charge is 0.477 e. The molecule has 0 aliphatic carbocycles. The second-order valence-corrected chi connectivity index (χ2v) is 5.15. The third-order valence-electron chi connectivity index (χ3n) is 2.87. The maximum atomic E-state index is 10.8. The Balaban J connectivity index is 2.31. The summed E-state index contributed by atoms with van der Waals surface area (Å²) in [5.74, 6) is -0.938. The molecule has 0 aliphatic rings. The molecular weight excluding hydrogens is 248 g/mol. The zero-order valence-corrected chi connectivity index (χ0v) is 11.3. The lowest BCUT2D eigenvalue weighted by atomic mass is 10.1. The molecule has 0 amide bonds. The molecule has 1 aromatic heterocycles. The van der Waals surface area contributed by atoms with Crippen LogP contribution in [0.5, 0.6) is 0 Å². The standard InChI is InChI=1S/C13H14N2O2S/c1-8-4-5-10(6-9(8)2)15(3)13-14-7-11(18-13)12(16)17/h4-7H,1-3H3,(H,16,17). The first-order valence-corrected chi connectivity index (χ1v) is 6.31. The number of carbonyl (C=O) groups is 1. The maximum Gasteiger partial charge on any atom is 0.347 e. The summed E-state index contributed by atoms with van der Waals surface area (Å²) in [6, 6.07) is 6.12. The van der Waals surface area contributed by atoms with Crippen LogP contribution in [0.1, 0.15) is 20.8 Å². The van der Waals surface area contributed by atoms with Crippen LogP contribution in [0, 0.1) is 13.8 Å². The number of hydrogen-bond donors (Lipinski definition) is 1. The number of hydrogen-bond acceptors (Lipinski definition) is 4. The molecule has 0 radical (unpaired) electrons. The number of anilines is 2. The molecule has 1 N–H and O–H groups in total. The molecular formula is C13H14N2O2S. The van der Waals surface area contributed by atoms with Gasteiger partial charge in [0.1, 0.15) is 4.88 Å². The van der Waals surface area contributed by atoms with Gasteiger partial charge < -0.3 is 10.0 Å². The highest BCUT2D eigenvalue weighted by Gasteiger charge is 2.13. The van der Waals surface area contributed by atoms with Gasteiger partial charge >= 0.3 is 5.97 Å². The van der Waals surface area contributed by atoms with Crippen LogP contribution in [0.15, 0.2) is 24.4 Å². The molecule has 0 fully saturated rings. The summed E-state index contributed by atoms with van der Waals surface area (Å²) in [6.07, 6.45) is 1.39.